The van der Waals surface area contributed by atoms with Gasteiger partial charge < -0.3 is 9.64 Å². The Labute approximate surface area is 163 Å². The second-order valence-electron chi connectivity index (χ2n) is 6.09. The van der Waals surface area contributed by atoms with E-state index in [1.807, 2.05) is 31.0 Å². The number of carbonyl (C=O) groups is 1. The van der Waals surface area contributed by atoms with Gasteiger partial charge in [0.25, 0.3) is 0 Å². The fourth-order valence-electron chi connectivity index (χ4n) is 2.85. The highest BCUT2D eigenvalue weighted by molar-refractivity contribution is 7.97. The van der Waals surface area contributed by atoms with Crippen LogP contribution < -0.4 is 4.90 Å². The molecule has 4 heteroatoms. The van der Waals surface area contributed by atoms with E-state index in [1.54, 1.807) is 0 Å². The normalized spacial score (nSPS) is 10.6. The van der Waals surface area contributed by atoms with Crippen LogP contribution in [0.2, 0.25) is 0 Å². The van der Waals surface area contributed by atoms with E-state index in [-0.39, 0.29) is 23.4 Å². The molecule has 0 fully saturated rings. The first-order chi connectivity index (χ1) is 13.2. The van der Waals surface area contributed by atoms with Gasteiger partial charge in [-0.2, -0.15) is 0 Å². The summed E-state index contributed by atoms with van der Waals surface area (Å²) >= 11 is 0. The van der Waals surface area contributed by atoms with E-state index in [0.717, 1.165) is 5.69 Å². The first-order valence-electron chi connectivity index (χ1n) is 9.00. The number of likely N-dealkylation sites (N-methyl/N-ethyl adjacent to an activating group) is 1. The van der Waals surface area contributed by atoms with Gasteiger partial charge in [0.15, 0.2) is 14.7 Å². The summed E-state index contributed by atoms with van der Waals surface area (Å²) in [6, 6.07) is 29.6. The van der Waals surface area contributed by atoms with Gasteiger partial charge in [0.2, 0.25) is 0 Å². The van der Waals surface area contributed by atoms with Crippen molar-refractivity contribution in [2.24, 2.45) is 0 Å². The van der Waals surface area contributed by atoms with E-state index < -0.39 is 0 Å². The molecule has 0 saturated carbocycles. The van der Waals surface area contributed by atoms with Gasteiger partial charge in [0, 0.05) is 12.7 Å². The Morgan fingerprint density at radius 1 is 0.815 bits per heavy atom. The molecule has 0 heterocycles. The number of hydrogen-bond acceptors (Lipinski definition) is 3. The van der Waals surface area contributed by atoms with Crippen molar-refractivity contribution in [1.29, 1.82) is 0 Å². The van der Waals surface area contributed by atoms with Crippen LogP contribution in [0.4, 0.5) is 5.69 Å². The third-order valence-corrected chi connectivity index (χ3v) is 6.37. The summed E-state index contributed by atoms with van der Waals surface area (Å²) in [5.74, 6) is -0.211. The second kappa shape index (κ2) is 9.28. The number of rotatable bonds is 7. The van der Waals surface area contributed by atoms with E-state index in [0.29, 0.717) is 6.61 Å². The predicted molar refractivity (Wildman–Crippen MR) is 111 cm³/mol. The fraction of sp³-hybridized carbons (Fsp3) is 0.174. The molecule has 0 atom stereocenters. The van der Waals surface area contributed by atoms with Crippen LogP contribution in [-0.2, 0) is 20.4 Å². The van der Waals surface area contributed by atoms with Crippen molar-refractivity contribution < 1.29 is 9.53 Å². The van der Waals surface area contributed by atoms with Crippen LogP contribution in [0.5, 0.6) is 0 Å². The molecular weight excluding hydrogens is 354 g/mol. The lowest BCUT2D eigenvalue weighted by Crippen LogP contribution is -2.27. The van der Waals surface area contributed by atoms with Gasteiger partial charge in [-0.25, -0.2) is 0 Å². The Morgan fingerprint density at radius 3 is 1.78 bits per heavy atom. The number of carbonyl (C=O) groups excluding carboxylic acids is 1. The Balaban J connectivity index is 1.87. The molecule has 0 spiro atoms. The molecule has 0 radical (unpaired) electrons. The summed E-state index contributed by atoms with van der Waals surface area (Å²) < 4.78 is 5.03. The maximum atomic E-state index is 11.7. The zero-order valence-electron chi connectivity index (χ0n) is 15.7. The molecule has 27 heavy (non-hydrogen) atoms. The lowest BCUT2D eigenvalue weighted by Gasteiger charge is -2.18. The molecule has 0 aromatic heterocycles. The van der Waals surface area contributed by atoms with Crippen molar-refractivity contribution in [3.05, 3.63) is 84.9 Å². The molecule has 3 aromatic rings. The lowest BCUT2D eigenvalue weighted by atomic mass is 10.3. The second-order valence-corrected chi connectivity index (χ2v) is 8.11. The highest BCUT2D eigenvalue weighted by Crippen LogP contribution is 2.31. The Kier molecular flexibility index (Phi) is 6.55. The van der Waals surface area contributed by atoms with Gasteiger partial charge >= 0.3 is 5.97 Å². The maximum absolute atomic E-state index is 11.7. The zero-order valence-corrected chi connectivity index (χ0v) is 16.5. The molecule has 3 rings (SSSR count). The fourth-order valence-corrected chi connectivity index (χ4v) is 4.93. The summed E-state index contributed by atoms with van der Waals surface area (Å²) in [5.41, 5.74) is 0.997. The Morgan fingerprint density at radius 2 is 1.30 bits per heavy atom. The molecule has 0 aliphatic rings. The molecular formula is C23H24NO2S+. The summed E-state index contributed by atoms with van der Waals surface area (Å²) in [5, 5.41) is 0. The van der Waals surface area contributed by atoms with Gasteiger partial charge in [-0.1, -0.05) is 36.4 Å². The topological polar surface area (TPSA) is 29.5 Å². The third-order valence-electron chi connectivity index (χ3n) is 4.14. The first-order valence-corrected chi connectivity index (χ1v) is 10.2. The van der Waals surface area contributed by atoms with Crippen LogP contribution in [0.25, 0.3) is 0 Å². The molecule has 0 amide bonds. The number of anilines is 1. The van der Waals surface area contributed by atoms with Crippen LogP contribution in [0, 0.1) is 0 Å². The number of hydrogen-bond donors (Lipinski definition) is 0. The molecule has 3 nitrogen and oxygen atoms in total. The molecule has 0 saturated heterocycles. The molecule has 3 aromatic carbocycles. The van der Waals surface area contributed by atoms with Crippen LogP contribution in [0.15, 0.2) is 99.6 Å². The number of benzene rings is 3. The Hall–Kier alpha value is -2.72. The minimum atomic E-state index is -0.211. The highest BCUT2D eigenvalue weighted by atomic mass is 32.2. The van der Waals surface area contributed by atoms with E-state index in [9.17, 15) is 4.79 Å². The van der Waals surface area contributed by atoms with Crippen molar-refractivity contribution in [2.75, 3.05) is 25.1 Å². The number of ether oxygens (including phenoxy) is 1. The van der Waals surface area contributed by atoms with Crippen LogP contribution in [-0.4, -0.2) is 26.2 Å². The molecule has 0 unspecified atom stereocenters. The largest absolute Gasteiger partial charge is 0.465 e. The van der Waals surface area contributed by atoms with Crippen LogP contribution in [0.1, 0.15) is 6.92 Å². The van der Waals surface area contributed by atoms with Crippen molar-refractivity contribution >= 4 is 22.6 Å². The van der Waals surface area contributed by atoms with Crippen LogP contribution in [0.3, 0.4) is 0 Å². The average Bonchev–Trinajstić information content (AvgIpc) is 2.70. The van der Waals surface area contributed by atoms with Gasteiger partial charge in [0.1, 0.15) is 6.54 Å². The summed E-state index contributed by atoms with van der Waals surface area (Å²) in [6.07, 6.45) is 0. The van der Waals surface area contributed by atoms with Crippen molar-refractivity contribution in [2.45, 2.75) is 21.6 Å². The van der Waals surface area contributed by atoms with E-state index in [4.69, 9.17) is 4.74 Å². The van der Waals surface area contributed by atoms with Gasteiger partial charge in [0.05, 0.1) is 17.5 Å². The highest BCUT2D eigenvalue weighted by Gasteiger charge is 2.28. The first kappa shape index (κ1) is 19.1. The summed E-state index contributed by atoms with van der Waals surface area (Å²) in [7, 11) is 1.74. The SMILES string of the molecule is CCOC(=O)CN(C)c1ccc([S+](c2ccccc2)c2ccccc2)cc1. The quantitative estimate of drug-likeness (QED) is 0.438. The summed E-state index contributed by atoms with van der Waals surface area (Å²) in [4.78, 5) is 17.4. The molecule has 0 aliphatic heterocycles. The molecule has 0 aliphatic carbocycles. The number of esters is 1. The zero-order chi connectivity index (χ0) is 19.1. The third kappa shape index (κ3) is 4.92. The minimum Gasteiger partial charge on any atom is -0.465 e. The minimum absolute atomic E-state index is 0.160. The van der Waals surface area contributed by atoms with E-state index in [1.165, 1.54) is 14.7 Å². The summed E-state index contributed by atoms with van der Waals surface area (Å²) in [6.45, 7) is 2.47. The predicted octanol–water partition coefficient (Wildman–Crippen LogP) is 4.78. The van der Waals surface area contributed by atoms with E-state index >= 15 is 0 Å². The molecule has 138 valence electrons. The molecule has 0 N–H and O–H groups in total. The van der Waals surface area contributed by atoms with Gasteiger partial charge in [-0.3, -0.25) is 4.79 Å². The number of nitrogens with zero attached hydrogens (tertiary/aromatic N) is 1. The molecule has 0 bridgehead atoms. The van der Waals surface area contributed by atoms with Crippen LogP contribution >= 0.6 is 0 Å². The van der Waals surface area contributed by atoms with Crippen molar-refractivity contribution in [3.8, 4) is 0 Å². The maximum Gasteiger partial charge on any atom is 0.325 e. The van der Waals surface area contributed by atoms with E-state index in [2.05, 4.69) is 72.8 Å². The van der Waals surface area contributed by atoms with Crippen molar-refractivity contribution in [3.63, 3.8) is 0 Å². The smallest absolute Gasteiger partial charge is 0.325 e. The van der Waals surface area contributed by atoms with Gasteiger partial charge in [-0.15, -0.1) is 0 Å². The van der Waals surface area contributed by atoms with Gasteiger partial charge in [-0.05, 0) is 55.5 Å². The lowest BCUT2D eigenvalue weighted by molar-refractivity contribution is -0.141. The standard InChI is InChI=1S/C23H24NO2S/c1-3-26-23(25)18-24(2)19-14-16-22(17-15-19)27(20-10-6-4-7-11-20)21-12-8-5-9-13-21/h4-17H,3,18H2,1-2H3/q+1. The monoisotopic (exact) mass is 378 g/mol. The van der Waals surface area contributed by atoms with Crippen molar-refractivity contribution in [1.82, 2.24) is 0 Å². The average molecular weight is 379 g/mol. The Bertz CT molecular complexity index is 811.